The molecule has 3 rings (SSSR count). The number of rotatable bonds is 1. The Labute approximate surface area is 88.4 Å². The number of aryl methyl sites for hydroxylation is 1. The second-order valence-corrected chi connectivity index (χ2v) is 4.39. The standard InChI is InChI=1S/C12H14N2O/c1-8-2-3-10-4-5-13-14(10)12(8)9-6-11(15)7-9/h2-5,9,11,15H,6-7H2,1H3. The molecule has 2 aromatic rings. The van der Waals surface area contributed by atoms with E-state index in [4.69, 9.17) is 0 Å². The summed E-state index contributed by atoms with van der Waals surface area (Å²) in [6.45, 7) is 2.11. The highest BCUT2D eigenvalue weighted by Crippen LogP contribution is 2.38. The van der Waals surface area contributed by atoms with Crippen LogP contribution in [0.3, 0.4) is 0 Å². The molecule has 0 spiro atoms. The molecule has 2 aromatic heterocycles. The van der Waals surface area contributed by atoms with Crippen LogP contribution in [0.5, 0.6) is 0 Å². The van der Waals surface area contributed by atoms with Crippen LogP contribution in [0.2, 0.25) is 0 Å². The molecule has 0 aromatic carbocycles. The van der Waals surface area contributed by atoms with Crippen molar-refractivity contribution in [2.75, 3.05) is 0 Å². The van der Waals surface area contributed by atoms with Gasteiger partial charge in [0.15, 0.2) is 0 Å². The second-order valence-electron chi connectivity index (χ2n) is 4.39. The molecule has 0 amide bonds. The topological polar surface area (TPSA) is 37.5 Å². The van der Waals surface area contributed by atoms with E-state index >= 15 is 0 Å². The van der Waals surface area contributed by atoms with Crippen LogP contribution in [0.15, 0.2) is 24.4 Å². The van der Waals surface area contributed by atoms with Gasteiger partial charge in [-0.15, -0.1) is 0 Å². The van der Waals surface area contributed by atoms with Crippen LogP contribution in [0.4, 0.5) is 0 Å². The van der Waals surface area contributed by atoms with Crippen LogP contribution in [-0.2, 0) is 0 Å². The summed E-state index contributed by atoms with van der Waals surface area (Å²) in [5.74, 6) is 0.476. The summed E-state index contributed by atoms with van der Waals surface area (Å²) in [4.78, 5) is 0. The van der Waals surface area contributed by atoms with Crippen LogP contribution >= 0.6 is 0 Å². The zero-order chi connectivity index (χ0) is 10.4. The van der Waals surface area contributed by atoms with E-state index in [2.05, 4.69) is 24.2 Å². The van der Waals surface area contributed by atoms with Gasteiger partial charge in [-0.1, -0.05) is 6.07 Å². The first-order chi connectivity index (χ1) is 7.25. The molecule has 15 heavy (non-hydrogen) atoms. The fourth-order valence-corrected chi connectivity index (χ4v) is 2.41. The Morgan fingerprint density at radius 2 is 2.13 bits per heavy atom. The average molecular weight is 202 g/mol. The second kappa shape index (κ2) is 3.07. The smallest absolute Gasteiger partial charge is 0.0665 e. The van der Waals surface area contributed by atoms with Crippen molar-refractivity contribution in [2.45, 2.75) is 31.8 Å². The number of aromatic nitrogens is 2. The number of fused-ring (bicyclic) bond motifs is 1. The van der Waals surface area contributed by atoms with Crippen molar-refractivity contribution in [1.29, 1.82) is 0 Å². The van der Waals surface area contributed by atoms with E-state index in [-0.39, 0.29) is 6.10 Å². The number of hydrogen-bond donors (Lipinski definition) is 1. The fourth-order valence-electron chi connectivity index (χ4n) is 2.41. The molecule has 1 fully saturated rings. The van der Waals surface area contributed by atoms with E-state index in [1.165, 1.54) is 11.3 Å². The molecule has 78 valence electrons. The van der Waals surface area contributed by atoms with E-state index in [0.29, 0.717) is 5.92 Å². The summed E-state index contributed by atoms with van der Waals surface area (Å²) in [7, 11) is 0. The molecule has 0 aliphatic heterocycles. The number of aliphatic hydroxyl groups is 1. The largest absolute Gasteiger partial charge is 0.393 e. The van der Waals surface area contributed by atoms with Crippen molar-refractivity contribution in [2.24, 2.45) is 0 Å². The molecular formula is C12H14N2O. The Kier molecular flexibility index (Phi) is 1.83. The highest BCUT2D eigenvalue weighted by atomic mass is 16.3. The van der Waals surface area contributed by atoms with Gasteiger partial charge >= 0.3 is 0 Å². The molecule has 1 aliphatic rings. The van der Waals surface area contributed by atoms with Crippen molar-refractivity contribution in [3.05, 3.63) is 35.7 Å². The van der Waals surface area contributed by atoms with Gasteiger partial charge < -0.3 is 5.11 Å². The Balaban J connectivity index is 2.14. The number of hydrogen-bond acceptors (Lipinski definition) is 2. The lowest BCUT2D eigenvalue weighted by molar-refractivity contribution is 0.0723. The van der Waals surface area contributed by atoms with E-state index in [0.717, 1.165) is 18.4 Å². The third-order valence-electron chi connectivity index (χ3n) is 3.31. The molecule has 0 unspecified atom stereocenters. The fraction of sp³-hybridized carbons (Fsp3) is 0.417. The lowest BCUT2D eigenvalue weighted by Gasteiger charge is -2.32. The van der Waals surface area contributed by atoms with E-state index in [9.17, 15) is 5.11 Å². The van der Waals surface area contributed by atoms with E-state index in [1.54, 1.807) is 0 Å². The molecule has 3 nitrogen and oxygen atoms in total. The van der Waals surface area contributed by atoms with Crippen molar-refractivity contribution in [1.82, 2.24) is 9.61 Å². The minimum atomic E-state index is -0.111. The van der Waals surface area contributed by atoms with Crippen LogP contribution in [0.25, 0.3) is 5.52 Å². The predicted octanol–water partition coefficient (Wildman–Crippen LogP) is 1.88. The first-order valence-corrected chi connectivity index (χ1v) is 5.37. The molecule has 0 radical (unpaired) electrons. The zero-order valence-corrected chi connectivity index (χ0v) is 8.72. The quantitative estimate of drug-likeness (QED) is 0.766. The Morgan fingerprint density at radius 3 is 2.87 bits per heavy atom. The first kappa shape index (κ1) is 8.92. The monoisotopic (exact) mass is 202 g/mol. The maximum atomic E-state index is 9.36. The Morgan fingerprint density at radius 1 is 1.33 bits per heavy atom. The Hall–Kier alpha value is -1.35. The average Bonchev–Trinajstić information content (AvgIpc) is 2.61. The highest BCUT2D eigenvalue weighted by Gasteiger charge is 2.31. The van der Waals surface area contributed by atoms with Crippen LogP contribution in [-0.4, -0.2) is 20.8 Å². The van der Waals surface area contributed by atoms with Crippen molar-refractivity contribution < 1.29 is 5.11 Å². The number of pyridine rings is 1. The number of nitrogens with zero attached hydrogens (tertiary/aromatic N) is 2. The van der Waals surface area contributed by atoms with Gasteiger partial charge in [0, 0.05) is 17.8 Å². The number of aliphatic hydroxyl groups excluding tert-OH is 1. The first-order valence-electron chi connectivity index (χ1n) is 5.37. The minimum Gasteiger partial charge on any atom is -0.393 e. The summed E-state index contributed by atoms with van der Waals surface area (Å²) in [6.07, 6.45) is 3.47. The molecule has 3 heteroatoms. The maximum Gasteiger partial charge on any atom is 0.0665 e. The van der Waals surface area contributed by atoms with E-state index in [1.807, 2.05) is 16.8 Å². The van der Waals surface area contributed by atoms with Gasteiger partial charge in [-0.05, 0) is 37.5 Å². The van der Waals surface area contributed by atoms with Crippen molar-refractivity contribution >= 4 is 5.52 Å². The summed E-state index contributed by atoms with van der Waals surface area (Å²) in [5.41, 5.74) is 3.67. The highest BCUT2D eigenvalue weighted by molar-refractivity contribution is 5.49. The molecule has 1 aliphatic carbocycles. The van der Waals surface area contributed by atoms with Gasteiger partial charge in [-0.2, -0.15) is 5.10 Å². The summed E-state index contributed by atoms with van der Waals surface area (Å²) >= 11 is 0. The van der Waals surface area contributed by atoms with Crippen molar-refractivity contribution in [3.63, 3.8) is 0 Å². The molecule has 0 bridgehead atoms. The predicted molar refractivity (Wildman–Crippen MR) is 57.9 cm³/mol. The third kappa shape index (κ3) is 1.27. The normalized spacial score (nSPS) is 25.5. The lowest BCUT2D eigenvalue weighted by Crippen LogP contribution is -2.28. The zero-order valence-electron chi connectivity index (χ0n) is 8.72. The molecule has 0 atom stereocenters. The maximum absolute atomic E-state index is 9.36. The van der Waals surface area contributed by atoms with Gasteiger partial charge in [0.2, 0.25) is 0 Å². The van der Waals surface area contributed by atoms with Crippen LogP contribution in [0.1, 0.15) is 30.0 Å². The molecule has 1 saturated carbocycles. The van der Waals surface area contributed by atoms with Gasteiger partial charge in [0.05, 0.1) is 11.6 Å². The molecule has 0 saturated heterocycles. The third-order valence-corrected chi connectivity index (χ3v) is 3.31. The van der Waals surface area contributed by atoms with Crippen LogP contribution < -0.4 is 0 Å². The SMILES string of the molecule is Cc1ccc2ccnn2c1C1CC(O)C1. The van der Waals surface area contributed by atoms with Gasteiger partial charge in [-0.25, -0.2) is 4.52 Å². The van der Waals surface area contributed by atoms with Crippen LogP contribution in [0, 0.1) is 6.92 Å². The summed E-state index contributed by atoms with van der Waals surface area (Å²) in [5, 5.41) is 13.7. The summed E-state index contributed by atoms with van der Waals surface area (Å²) in [6, 6.07) is 6.23. The Bertz CT molecular complexity index is 497. The van der Waals surface area contributed by atoms with Gasteiger partial charge in [0.25, 0.3) is 0 Å². The minimum absolute atomic E-state index is 0.111. The van der Waals surface area contributed by atoms with Gasteiger partial charge in [-0.3, -0.25) is 0 Å². The summed E-state index contributed by atoms with van der Waals surface area (Å²) < 4.78 is 2.01. The van der Waals surface area contributed by atoms with E-state index < -0.39 is 0 Å². The van der Waals surface area contributed by atoms with Crippen molar-refractivity contribution in [3.8, 4) is 0 Å². The molecule has 2 heterocycles. The lowest BCUT2D eigenvalue weighted by atomic mass is 9.78. The van der Waals surface area contributed by atoms with Gasteiger partial charge in [0.1, 0.15) is 0 Å². The molecule has 1 N–H and O–H groups in total. The molecular weight excluding hydrogens is 188 g/mol.